The van der Waals surface area contributed by atoms with E-state index in [0.717, 1.165) is 17.7 Å². The van der Waals surface area contributed by atoms with Crippen LogP contribution in [0.3, 0.4) is 0 Å². The minimum Gasteiger partial charge on any atom is -0.329 e. The molecule has 3 rings (SSSR count). The molecule has 1 aliphatic carbocycles. The van der Waals surface area contributed by atoms with Crippen molar-refractivity contribution in [1.82, 2.24) is 4.90 Å². The Labute approximate surface area is 108 Å². The topological polar surface area (TPSA) is 29.3 Å². The molecule has 98 valence electrons. The molecule has 0 saturated heterocycles. The summed E-state index contributed by atoms with van der Waals surface area (Å²) in [6.07, 6.45) is 6.44. The molecule has 1 unspecified atom stereocenters. The van der Waals surface area contributed by atoms with Gasteiger partial charge in [-0.05, 0) is 24.5 Å². The fourth-order valence-electron chi connectivity index (χ4n) is 3.58. The normalized spacial score (nSPS) is 25.3. The predicted octanol–water partition coefficient (Wildman–Crippen LogP) is 2.97. The molecule has 2 N–H and O–H groups in total. The Morgan fingerprint density at radius 3 is 2.72 bits per heavy atom. The molecule has 3 heteroatoms. The average molecular weight is 248 g/mol. The molecule has 2 aliphatic rings. The summed E-state index contributed by atoms with van der Waals surface area (Å²) in [5, 5.41) is 0. The highest BCUT2D eigenvalue weighted by atomic mass is 19.1. The molecule has 2 nitrogen and oxygen atoms in total. The lowest BCUT2D eigenvalue weighted by atomic mass is 9.93. The van der Waals surface area contributed by atoms with Gasteiger partial charge in [-0.1, -0.05) is 31.4 Å². The Bertz CT molecular complexity index is 427. The number of nitrogens with zero attached hydrogens (tertiary/aromatic N) is 1. The predicted molar refractivity (Wildman–Crippen MR) is 70.6 cm³/mol. The zero-order valence-electron chi connectivity index (χ0n) is 10.7. The summed E-state index contributed by atoms with van der Waals surface area (Å²) in [4.78, 5) is 2.44. The maximum absolute atomic E-state index is 13.9. The Kier molecular flexibility index (Phi) is 3.35. The summed E-state index contributed by atoms with van der Waals surface area (Å²) in [5.41, 5.74) is 7.92. The zero-order chi connectivity index (χ0) is 12.5. The van der Waals surface area contributed by atoms with Crippen molar-refractivity contribution >= 4 is 0 Å². The Hall–Kier alpha value is -0.930. The molecule has 1 saturated carbocycles. The van der Waals surface area contributed by atoms with Gasteiger partial charge in [0, 0.05) is 30.7 Å². The van der Waals surface area contributed by atoms with E-state index in [1.165, 1.54) is 32.1 Å². The van der Waals surface area contributed by atoms with Gasteiger partial charge in [-0.3, -0.25) is 4.90 Å². The van der Waals surface area contributed by atoms with E-state index in [2.05, 4.69) is 4.90 Å². The van der Waals surface area contributed by atoms with Crippen molar-refractivity contribution in [3.8, 4) is 0 Å². The molecule has 0 amide bonds. The maximum Gasteiger partial charge on any atom is 0.128 e. The lowest BCUT2D eigenvalue weighted by molar-refractivity contribution is 0.116. The van der Waals surface area contributed by atoms with Crippen LogP contribution in [0, 0.1) is 5.82 Å². The van der Waals surface area contributed by atoms with Gasteiger partial charge < -0.3 is 5.73 Å². The Balaban J connectivity index is 1.88. The summed E-state index contributed by atoms with van der Waals surface area (Å²) in [6, 6.07) is 6.23. The van der Waals surface area contributed by atoms with Crippen molar-refractivity contribution < 1.29 is 4.39 Å². The minimum absolute atomic E-state index is 0.0655. The lowest BCUT2D eigenvalue weighted by Crippen LogP contribution is -2.38. The highest BCUT2D eigenvalue weighted by molar-refractivity contribution is 5.35. The largest absolute Gasteiger partial charge is 0.329 e. The van der Waals surface area contributed by atoms with Crippen LogP contribution in [0.5, 0.6) is 0 Å². The van der Waals surface area contributed by atoms with Crippen LogP contribution >= 0.6 is 0 Å². The molecular formula is C15H21FN2. The second-order valence-corrected chi connectivity index (χ2v) is 5.52. The molecule has 1 fully saturated rings. The molecule has 0 aromatic heterocycles. The summed E-state index contributed by atoms with van der Waals surface area (Å²) in [6.45, 7) is 1.33. The quantitative estimate of drug-likeness (QED) is 0.872. The third-order valence-corrected chi connectivity index (χ3v) is 4.52. The van der Waals surface area contributed by atoms with Crippen LogP contribution in [0.2, 0.25) is 0 Å². The van der Waals surface area contributed by atoms with Gasteiger partial charge in [-0.2, -0.15) is 0 Å². The highest BCUT2D eigenvalue weighted by Gasteiger charge is 2.35. The smallest absolute Gasteiger partial charge is 0.128 e. The van der Waals surface area contributed by atoms with Crippen molar-refractivity contribution in [3.05, 3.63) is 35.1 Å². The molecule has 1 heterocycles. The monoisotopic (exact) mass is 248 g/mol. The highest BCUT2D eigenvalue weighted by Crippen LogP contribution is 2.39. The van der Waals surface area contributed by atoms with Crippen LogP contribution in [0.15, 0.2) is 18.2 Å². The first-order chi connectivity index (χ1) is 8.81. The van der Waals surface area contributed by atoms with Crippen LogP contribution < -0.4 is 5.73 Å². The van der Waals surface area contributed by atoms with Gasteiger partial charge in [-0.25, -0.2) is 4.39 Å². The third kappa shape index (κ3) is 1.95. The Morgan fingerprint density at radius 2 is 2.00 bits per heavy atom. The lowest BCUT2D eigenvalue weighted by Gasteiger charge is -2.35. The van der Waals surface area contributed by atoms with Crippen LogP contribution in [-0.2, 0) is 6.54 Å². The van der Waals surface area contributed by atoms with Gasteiger partial charge in [0.25, 0.3) is 0 Å². The molecular weight excluding hydrogens is 227 g/mol. The number of benzene rings is 1. The van der Waals surface area contributed by atoms with E-state index < -0.39 is 0 Å². The number of halogens is 1. The summed E-state index contributed by atoms with van der Waals surface area (Å²) in [7, 11) is 0. The van der Waals surface area contributed by atoms with E-state index in [0.29, 0.717) is 12.6 Å². The molecule has 18 heavy (non-hydrogen) atoms. The number of hydrogen-bond donors (Lipinski definition) is 1. The fraction of sp³-hybridized carbons (Fsp3) is 0.600. The first kappa shape index (κ1) is 12.1. The number of hydrogen-bond acceptors (Lipinski definition) is 2. The molecule has 1 aliphatic heterocycles. The zero-order valence-corrected chi connectivity index (χ0v) is 10.7. The van der Waals surface area contributed by atoms with Gasteiger partial charge in [0.2, 0.25) is 0 Å². The van der Waals surface area contributed by atoms with Gasteiger partial charge in [-0.15, -0.1) is 0 Å². The fourth-order valence-corrected chi connectivity index (χ4v) is 3.58. The molecule has 1 aromatic carbocycles. The van der Waals surface area contributed by atoms with Crippen molar-refractivity contribution in [2.45, 2.75) is 50.7 Å². The van der Waals surface area contributed by atoms with Crippen LogP contribution in [-0.4, -0.2) is 17.5 Å². The molecule has 1 atom stereocenters. The van der Waals surface area contributed by atoms with Crippen LogP contribution in [0.1, 0.15) is 49.3 Å². The Morgan fingerprint density at radius 1 is 1.22 bits per heavy atom. The van der Waals surface area contributed by atoms with Crippen LogP contribution in [0.4, 0.5) is 4.39 Å². The van der Waals surface area contributed by atoms with E-state index in [1.54, 1.807) is 12.1 Å². The van der Waals surface area contributed by atoms with Crippen molar-refractivity contribution in [2.24, 2.45) is 5.73 Å². The van der Waals surface area contributed by atoms with E-state index in [9.17, 15) is 4.39 Å². The molecule has 0 bridgehead atoms. The number of rotatable bonds is 2. The van der Waals surface area contributed by atoms with E-state index in [-0.39, 0.29) is 11.9 Å². The number of nitrogens with two attached hydrogens (primary N) is 1. The third-order valence-electron chi connectivity index (χ3n) is 4.52. The van der Waals surface area contributed by atoms with E-state index in [4.69, 9.17) is 5.73 Å². The maximum atomic E-state index is 13.9. The van der Waals surface area contributed by atoms with Crippen molar-refractivity contribution in [3.63, 3.8) is 0 Å². The van der Waals surface area contributed by atoms with Gasteiger partial charge in [0.1, 0.15) is 5.82 Å². The summed E-state index contributed by atoms with van der Waals surface area (Å²) < 4.78 is 13.9. The first-order valence-corrected chi connectivity index (χ1v) is 7.04. The number of fused-ring (bicyclic) bond motifs is 1. The van der Waals surface area contributed by atoms with Crippen molar-refractivity contribution in [1.29, 1.82) is 0 Å². The van der Waals surface area contributed by atoms with Gasteiger partial charge >= 0.3 is 0 Å². The van der Waals surface area contributed by atoms with Crippen molar-refractivity contribution in [2.75, 3.05) is 6.54 Å². The average Bonchev–Trinajstić information content (AvgIpc) is 2.80. The van der Waals surface area contributed by atoms with Gasteiger partial charge in [0.05, 0.1) is 0 Å². The van der Waals surface area contributed by atoms with E-state index in [1.807, 2.05) is 6.07 Å². The SMILES string of the molecule is NCC1c2cccc(F)c2CN1C1CCCCC1. The minimum atomic E-state index is -0.0655. The molecule has 0 radical (unpaired) electrons. The van der Waals surface area contributed by atoms with Gasteiger partial charge in [0.15, 0.2) is 0 Å². The van der Waals surface area contributed by atoms with E-state index >= 15 is 0 Å². The second kappa shape index (κ2) is 4.98. The standard InChI is InChI=1S/C15H21FN2/c16-14-8-4-7-12-13(14)10-18(15(12)9-17)11-5-2-1-3-6-11/h4,7-8,11,15H,1-3,5-6,9-10,17H2. The van der Waals surface area contributed by atoms with Crippen LogP contribution in [0.25, 0.3) is 0 Å². The summed E-state index contributed by atoms with van der Waals surface area (Å²) >= 11 is 0. The first-order valence-electron chi connectivity index (χ1n) is 7.04. The summed E-state index contributed by atoms with van der Waals surface area (Å²) in [5.74, 6) is -0.0655. The molecule has 1 aromatic rings. The molecule has 0 spiro atoms. The second-order valence-electron chi connectivity index (χ2n) is 5.52.